The summed E-state index contributed by atoms with van der Waals surface area (Å²) in [7, 11) is 0. The van der Waals surface area contributed by atoms with Crippen molar-refractivity contribution in [2.45, 2.75) is 26.3 Å². The number of benzene rings is 1. The second kappa shape index (κ2) is 6.87. The van der Waals surface area contributed by atoms with E-state index >= 15 is 0 Å². The summed E-state index contributed by atoms with van der Waals surface area (Å²) in [4.78, 5) is 12.5. The molecule has 0 aliphatic heterocycles. The molecule has 1 aromatic carbocycles. The van der Waals surface area contributed by atoms with Gasteiger partial charge in [-0.25, -0.2) is 5.10 Å². The standard InChI is InChI=1S/C14H16ClN3O2S/c1-8(2)7-11(13-17-18-14(21)20-13)16-12(19)9-3-5-10(15)6-4-9/h3-6,8,11H,7H2,1-2H3,(H,16,19)(H,18,21)/t11-/m0/s1. The molecule has 0 aliphatic carbocycles. The van der Waals surface area contributed by atoms with Crippen molar-refractivity contribution in [3.05, 3.63) is 45.6 Å². The molecule has 112 valence electrons. The van der Waals surface area contributed by atoms with Crippen molar-refractivity contribution in [1.29, 1.82) is 0 Å². The molecule has 2 N–H and O–H groups in total. The Kier molecular flexibility index (Phi) is 5.14. The number of aromatic amines is 1. The van der Waals surface area contributed by atoms with Crippen LogP contribution in [-0.2, 0) is 0 Å². The number of halogens is 1. The molecule has 0 saturated heterocycles. The summed E-state index contributed by atoms with van der Waals surface area (Å²) in [5.41, 5.74) is 0.530. The minimum absolute atomic E-state index is 0.194. The van der Waals surface area contributed by atoms with E-state index in [0.29, 0.717) is 28.8 Å². The van der Waals surface area contributed by atoms with Crippen LogP contribution in [0, 0.1) is 10.8 Å². The van der Waals surface area contributed by atoms with Gasteiger partial charge in [-0.2, -0.15) is 0 Å². The highest BCUT2D eigenvalue weighted by atomic mass is 35.5. The van der Waals surface area contributed by atoms with Crippen molar-refractivity contribution in [3.8, 4) is 0 Å². The van der Waals surface area contributed by atoms with Gasteiger partial charge >= 0.3 is 0 Å². The Balaban J connectivity index is 2.16. The van der Waals surface area contributed by atoms with Crippen LogP contribution in [0.4, 0.5) is 0 Å². The van der Waals surface area contributed by atoms with Crippen LogP contribution in [0.1, 0.15) is 42.6 Å². The van der Waals surface area contributed by atoms with E-state index in [0.717, 1.165) is 0 Å². The van der Waals surface area contributed by atoms with Crippen molar-refractivity contribution in [2.24, 2.45) is 5.92 Å². The number of nitrogens with one attached hydrogen (secondary N) is 2. The van der Waals surface area contributed by atoms with Crippen molar-refractivity contribution in [3.63, 3.8) is 0 Å². The molecule has 21 heavy (non-hydrogen) atoms. The molecule has 0 spiro atoms. The summed E-state index contributed by atoms with van der Waals surface area (Å²) in [6.07, 6.45) is 0.697. The first-order valence-corrected chi connectivity index (χ1v) is 7.36. The average Bonchev–Trinajstić information content (AvgIpc) is 2.85. The van der Waals surface area contributed by atoms with Gasteiger partial charge in [-0.1, -0.05) is 25.4 Å². The van der Waals surface area contributed by atoms with Crippen LogP contribution in [0.25, 0.3) is 0 Å². The van der Waals surface area contributed by atoms with Gasteiger partial charge in [0, 0.05) is 10.6 Å². The van der Waals surface area contributed by atoms with Gasteiger partial charge in [0.25, 0.3) is 10.7 Å². The van der Waals surface area contributed by atoms with Crippen molar-refractivity contribution < 1.29 is 9.21 Å². The molecule has 1 aromatic heterocycles. The second-order valence-corrected chi connectivity index (χ2v) is 5.92. The lowest BCUT2D eigenvalue weighted by Gasteiger charge is -2.17. The number of hydrogen-bond acceptors (Lipinski definition) is 4. The number of nitrogens with zero attached hydrogens (tertiary/aromatic N) is 1. The van der Waals surface area contributed by atoms with E-state index in [2.05, 4.69) is 29.4 Å². The number of carbonyl (C=O) groups is 1. The fraction of sp³-hybridized carbons (Fsp3) is 0.357. The Morgan fingerprint density at radius 1 is 1.43 bits per heavy atom. The van der Waals surface area contributed by atoms with E-state index < -0.39 is 0 Å². The van der Waals surface area contributed by atoms with Gasteiger partial charge in [-0.05, 0) is 48.8 Å². The molecule has 0 saturated carbocycles. The largest absolute Gasteiger partial charge is 0.412 e. The predicted octanol–water partition coefficient (Wildman–Crippen LogP) is 3.90. The van der Waals surface area contributed by atoms with E-state index in [-0.39, 0.29) is 16.8 Å². The minimum atomic E-state index is -0.332. The highest BCUT2D eigenvalue weighted by molar-refractivity contribution is 7.71. The first kappa shape index (κ1) is 15.7. The topological polar surface area (TPSA) is 70.9 Å². The molecule has 1 heterocycles. The Hall–Kier alpha value is -1.66. The zero-order valence-electron chi connectivity index (χ0n) is 11.7. The SMILES string of the molecule is CC(C)C[C@H](NC(=O)c1ccc(Cl)cc1)c1n[nH]c(=S)o1. The van der Waals surface area contributed by atoms with Gasteiger partial charge in [-0.3, -0.25) is 4.79 Å². The molecule has 7 heteroatoms. The number of carbonyl (C=O) groups excluding carboxylic acids is 1. The van der Waals surface area contributed by atoms with Gasteiger partial charge in [0.1, 0.15) is 6.04 Å². The molecular formula is C14H16ClN3O2S. The number of rotatable bonds is 5. The van der Waals surface area contributed by atoms with E-state index in [9.17, 15) is 4.79 Å². The van der Waals surface area contributed by atoms with Crippen LogP contribution in [0.5, 0.6) is 0 Å². The minimum Gasteiger partial charge on any atom is -0.412 e. The molecule has 1 amide bonds. The summed E-state index contributed by atoms with van der Waals surface area (Å²) in [6, 6.07) is 6.36. The molecule has 2 rings (SSSR count). The fourth-order valence-electron chi connectivity index (χ4n) is 1.93. The van der Waals surface area contributed by atoms with Gasteiger partial charge in [-0.15, -0.1) is 5.10 Å². The van der Waals surface area contributed by atoms with E-state index in [1.165, 1.54) is 0 Å². The number of H-pyrrole nitrogens is 1. The Bertz CT molecular complexity index is 663. The van der Waals surface area contributed by atoms with Gasteiger partial charge in [0.05, 0.1) is 0 Å². The molecular weight excluding hydrogens is 310 g/mol. The summed E-state index contributed by atoms with van der Waals surface area (Å²) in [5.74, 6) is 0.540. The quantitative estimate of drug-likeness (QED) is 0.818. The number of hydrogen-bond donors (Lipinski definition) is 2. The normalized spacial score (nSPS) is 12.4. The number of aromatic nitrogens is 2. The number of amides is 1. The lowest BCUT2D eigenvalue weighted by Crippen LogP contribution is -2.29. The first-order chi connectivity index (χ1) is 9.95. The van der Waals surface area contributed by atoms with Crippen LogP contribution in [0.15, 0.2) is 28.7 Å². The lowest BCUT2D eigenvalue weighted by atomic mass is 10.0. The van der Waals surface area contributed by atoms with Crippen LogP contribution < -0.4 is 5.32 Å². The van der Waals surface area contributed by atoms with E-state index in [1.807, 2.05) is 0 Å². The summed E-state index contributed by atoms with van der Waals surface area (Å²) in [5, 5.41) is 10.1. The second-order valence-electron chi connectivity index (χ2n) is 5.11. The van der Waals surface area contributed by atoms with Crippen LogP contribution in [-0.4, -0.2) is 16.1 Å². The maximum absolute atomic E-state index is 12.3. The van der Waals surface area contributed by atoms with Gasteiger partial charge in [0.15, 0.2) is 0 Å². The third-order valence-corrected chi connectivity index (χ3v) is 3.30. The molecule has 1 atom stereocenters. The van der Waals surface area contributed by atoms with Gasteiger partial charge < -0.3 is 9.73 Å². The lowest BCUT2D eigenvalue weighted by molar-refractivity contribution is 0.0924. The smallest absolute Gasteiger partial charge is 0.284 e. The Morgan fingerprint density at radius 3 is 2.62 bits per heavy atom. The molecule has 0 aliphatic rings. The molecule has 0 bridgehead atoms. The Labute approximate surface area is 132 Å². The van der Waals surface area contributed by atoms with Crippen molar-refractivity contribution in [1.82, 2.24) is 15.5 Å². The van der Waals surface area contributed by atoms with Crippen LogP contribution >= 0.6 is 23.8 Å². The molecule has 2 aromatic rings. The zero-order valence-corrected chi connectivity index (χ0v) is 13.3. The highest BCUT2D eigenvalue weighted by Crippen LogP contribution is 2.20. The zero-order chi connectivity index (χ0) is 15.4. The summed E-state index contributed by atoms with van der Waals surface area (Å²) >= 11 is 10.7. The highest BCUT2D eigenvalue weighted by Gasteiger charge is 2.21. The Morgan fingerprint density at radius 2 is 2.10 bits per heavy atom. The predicted molar refractivity (Wildman–Crippen MR) is 82.8 cm³/mol. The molecule has 0 radical (unpaired) electrons. The summed E-state index contributed by atoms with van der Waals surface area (Å²) < 4.78 is 5.31. The monoisotopic (exact) mass is 325 g/mol. The molecule has 5 nitrogen and oxygen atoms in total. The maximum Gasteiger partial charge on any atom is 0.284 e. The average molecular weight is 326 g/mol. The van der Waals surface area contributed by atoms with Gasteiger partial charge in [0.2, 0.25) is 5.89 Å². The summed E-state index contributed by atoms with van der Waals surface area (Å²) in [6.45, 7) is 4.12. The van der Waals surface area contributed by atoms with Crippen molar-refractivity contribution in [2.75, 3.05) is 0 Å². The third-order valence-electron chi connectivity index (χ3n) is 2.87. The third kappa shape index (κ3) is 4.41. The van der Waals surface area contributed by atoms with E-state index in [4.69, 9.17) is 28.2 Å². The van der Waals surface area contributed by atoms with E-state index in [1.54, 1.807) is 24.3 Å². The van der Waals surface area contributed by atoms with Crippen LogP contribution in [0.3, 0.4) is 0 Å². The fourth-order valence-corrected chi connectivity index (χ4v) is 2.18. The molecule has 0 fully saturated rings. The first-order valence-electron chi connectivity index (χ1n) is 6.57. The maximum atomic E-state index is 12.3. The van der Waals surface area contributed by atoms with Crippen molar-refractivity contribution >= 4 is 29.7 Å². The molecule has 0 unspecified atom stereocenters. The van der Waals surface area contributed by atoms with Crippen LogP contribution in [0.2, 0.25) is 5.02 Å².